The van der Waals surface area contributed by atoms with Crippen molar-refractivity contribution in [3.8, 4) is 0 Å². The molecular weight excluding hydrogens is 416 g/mol. The summed E-state index contributed by atoms with van der Waals surface area (Å²) in [6.45, 7) is 11.7. The highest BCUT2D eigenvalue weighted by Gasteiger charge is 2.31. The van der Waals surface area contributed by atoms with Gasteiger partial charge in [0.25, 0.3) is 0 Å². The summed E-state index contributed by atoms with van der Waals surface area (Å²) < 4.78 is 27.3. The number of nitrogens with zero attached hydrogens (tertiary/aromatic N) is 2. The molecule has 1 aliphatic rings. The maximum Gasteiger partial charge on any atom is 0.243 e. The van der Waals surface area contributed by atoms with Gasteiger partial charge in [0.2, 0.25) is 21.8 Å². The number of rotatable bonds is 9. The lowest BCUT2D eigenvalue weighted by molar-refractivity contribution is -0.129. The van der Waals surface area contributed by atoms with Gasteiger partial charge in [-0.25, -0.2) is 8.42 Å². The van der Waals surface area contributed by atoms with Crippen molar-refractivity contribution in [2.75, 3.05) is 38.0 Å². The fourth-order valence-electron chi connectivity index (χ4n) is 3.96. The van der Waals surface area contributed by atoms with Crippen LogP contribution in [0.3, 0.4) is 0 Å². The SMILES string of the molecule is CCNC(=O)C1CCCN(C(C)C(=O)Nc2ccc(C)c(S(=O)(=O)N(CC)CC)c2)C1. The number of piperidine rings is 1. The Kier molecular flexibility index (Phi) is 9.02. The molecule has 0 bridgehead atoms. The molecule has 2 amide bonds. The van der Waals surface area contributed by atoms with E-state index < -0.39 is 16.1 Å². The Labute approximate surface area is 186 Å². The van der Waals surface area contributed by atoms with Crippen LogP contribution in [0.15, 0.2) is 23.1 Å². The summed E-state index contributed by atoms with van der Waals surface area (Å²) in [5, 5.41) is 5.72. The summed E-state index contributed by atoms with van der Waals surface area (Å²) in [6, 6.07) is 4.53. The molecule has 31 heavy (non-hydrogen) atoms. The number of amides is 2. The first-order valence-corrected chi connectivity index (χ1v) is 12.5. The van der Waals surface area contributed by atoms with Crippen molar-refractivity contribution in [2.24, 2.45) is 5.92 Å². The summed E-state index contributed by atoms with van der Waals surface area (Å²) in [5.41, 5.74) is 1.09. The molecule has 0 aromatic heterocycles. The minimum absolute atomic E-state index is 0.0320. The van der Waals surface area contributed by atoms with Crippen LogP contribution in [0, 0.1) is 12.8 Å². The van der Waals surface area contributed by atoms with E-state index in [1.165, 1.54) is 10.4 Å². The zero-order valence-electron chi connectivity index (χ0n) is 19.3. The van der Waals surface area contributed by atoms with Crippen molar-refractivity contribution in [3.63, 3.8) is 0 Å². The van der Waals surface area contributed by atoms with E-state index >= 15 is 0 Å². The standard InChI is InChI=1S/C22H36N4O4S/c1-6-23-22(28)18-10-9-13-25(15-18)17(5)21(27)24-19-12-11-16(4)20(14-19)31(29,30)26(7-2)8-3/h11-12,14,17-18H,6-10,13,15H2,1-5H3,(H,23,28)(H,24,27). The third-order valence-electron chi connectivity index (χ3n) is 5.88. The second-order valence-electron chi connectivity index (χ2n) is 7.96. The molecule has 1 aromatic rings. The fourth-order valence-corrected chi connectivity index (χ4v) is 5.67. The number of aryl methyl sites for hydroxylation is 1. The predicted octanol–water partition coefficient (Wildman–Crippen LogP) is 2.20. The van der Waals surface area contributed by atoms with Gasteiger partial charge in [-0.3, -0.25) is 14.5 Å². The Bertz CT molecular complexity index is 883. The van der Waals surface area contributed by atoms with Gasteiger partial charge in [0.1, 0.15) is 0 Å². The highest BCUT2D eigenvalue weighted by atomic mass is 32.2. The van der Waals surface area contributed by atoms with Crippen LogP contribution in [0.4, 0.5) is 5.69 Å². The van der Waals surface area contributed by atoms with Gasteiger partial charge in [-0.1, -0.05) is 19.9 Å². The summed E-state index contributed by atoms with van der Waals surface area (Å²) in [5.74, 6) is -0.301. The molecule has 1 aromatic carbocycles. The van der Waals surface area contributed by atoms with Gasteiger partial charge < -0.3 is 10.6 Å². The van der Waals surface area contributed by atoms with Gasteiger partial charge in [-0.2, -0.15) is 4.31 Å². The van der Waals surface area contributed by atoms with Crippen LogP contribution in [0.1, 0.15) is 46.1 Å². The van der Waals surface area contributed by atoms with Crippen molar-refractivity contribution in [3.05, 3.63) is 23.8 Å². The second kappa shape index (κ2) is 11.1. The smallest absolute Gasteiger partial charge is 0.243 e. The summed E-state index contributed by atoms with van der Waals surface area (Å²) in [7, 11) is -3.63. The van der Waals surface area contributed by atoms with Crippen molar-refractivity contribution < 1.29 is 18.0 Å². The molecule has 1 saturated heterocycles. The largest absolute Gasteiger partial charge is 0.356 e. The Morgan fingerprint density at radius 3 is 2.52 bits per heavy atom. The molecule has 9 heteroatoms. The molecule has 2 N–H and O–H groups in total. The van der Waals surface area contributed by atoms with Gasteiger partial charge in [-0.15, -0.1) is 0 Å². The van der Waals surface area contributed by atoms with E-state index in [1.54, 1.807) is 32.9 Å². The molecular formula is C22H36N4O4S. The summed E-state index contributed by atoms with van der Waals surface area (Å²) >= 11 is 0. The predicted molar refractivity (Wildman–Crippen MR) is 122 cm³/mol. The number of hydrogen-bond donors (Lipinski definition) is 2. The maximum absolute atomic E-state index is 13.0. The van der Waals surface area contributed by atoms with Crippen molar-refractivity contribution in [1.82, 2.24) is 14.5 Å². The van der Waals surface area contributed by atoms with Gasteiger partial charge in [0.05, 0.1) is 16.9 Å². The molecule has 0 spiro atoms. The fraction of sp³-hybridized carbons (Fsp3) is 0.636. The number of carbonyl (C=O) groups excluding carboxylic acids is 2. The molecule has 1 heterocycles. The van der Waals surface area contributed by atoms with Gasteiger partial charge in [0.15, 0.2) is 0 Å². The lowest BCUT2D eigenvalue weighted by Crippen LogP contribution is -2.50. The number of sulfonamides is 1. The third-order valence-corrected chi connectivity index (χ3v) is 8.07. The van der Waals surface area contributed by atoms with Crippen LogP contribution in [0.25, 0.3) is 0 Å². The highest BCUT2D eigenvalue weighted by molar-refractivity contribution is 7.89. The first-order chi connectivity index (χ1) is 14.6. The topological polar surface area (TPSA) is 98.8 Å². The van der Waals surface area contributed by atoms with E-state index in [0.717, 1.165) is 19.4 Å². The maximum atomic E-state index is 13.0. The molecule has 174 valence electrons. The highest BCUT2D eigenvalue weighted by Crippen LogP contribution is 2.24. The molecule has 0 aliphatic carbocycles. The molecule has 1 aliphatic heterocycles. The molecule has 0 saturated carbocycles. The molecule has 2 rings (SSSR count). The van der Waals surface area contributed by atoms with Crippen molar-refractivity contribution in [1.29, 1.82) is 0 Å². The number of anilines is 1. The second-order valence-corrected chi connectivity index (χ2v) is 9.87. The van der Waals surface area contributed by atoms with Crippen LogP contribution < -0.4 is 10.6 Å². The Morgan fingerprint density at radius 2 is 1.90 bits per heavy atom. The zero-order chi connectivity index (χ0) is 23.2. The molecule has 8 nitrogen and oxygen atoms in total. The summed E-state index contributed by atoms with van der Waals surface area (Å²) in [4.78, 5) is 27.3. The Morgan fingerprint density at radius 1 is 1.23 bits per heavy atom. The normalized spacial score (nSPS) is 18.6. The lowest BCUT2D eigenvalue weighted by Gasteiger charge is -2.35. The Balaban J connectivity index is 2.14. The first-order valence-electron chi connectivity index (χ1n) is 11.1. The van der Waals surface area contributed by atoms with E-state index in [9.17, 15) is 18.0 Å². The number of hydrogen-bond acceptors (Lipinski definition) is 5. The third kappa shape index (κ3) is 6.05. The Hall–Kier alpha value is -1.97. The van der Waals surface area contributed by atoms with Crippen LogP contribution in [0.5, 0.6) is 0 Å². The molecule has 0 radical (unpaired) electrons. The average molecular weight is 453 g/mol. The quantitative estimate of drug-likeness (QED) is 0.598. The average Bonchev–Trinajstić information content (AvgIpc) is 2.75. The number of nitrogens with one attached hydrogen (secondary N) is 2. The number of carbonyl (C=O) groups is 2. The van der Waals surface area contributed by atoms with E-state index in [4.69, 9.17) is 0 Å². The summed E-state index contributed by atoms with van der Waals surface area (Å²) in [6.07, 6.45) is 1.68. The van der Waals surface area contributed by atoms with E-state index in [2.05, 4.69) is 10.6 Å². The molecule has 2 atom stereocenters. The zero-order valence-corrected chi connectivity index (χ0v) is 20.1. The van der Waals surface area contributed by atoms with Crippen LogP contribution in [0.2, 0.25) is 0 Å². The molecule has 1 fully saturated rings. The van der Waals surface area contributed by atoms with E-state index in [1.807, 2.05) is 18.7 Å². The number of likely N-dealkylation sites (tertiary alicyclic amines) is 1. The van der Waals surface area contributed by atoms with Crippen LogP contribution in [-0.4, -0.2) is 68.2 Å². The van der Waals surface area contributed by atoms with Gasteiger partial charge >= 0.3 is 0 Å². The van der Waals surface area contributed by atoms with Crippen LogP contribution in [-0.2, 0) is 19.6 Å². The van der Waals surface area contributed by atoms with Crippen molar-refractivity contribution >= 4 is 27.5 Å². The first kappa shape index (κ1) is 25.3. The lowest BCUT2D eigenvalue weighted by atomic mass is 9.96. The van der Waals surface area contributed by atoms with Gasteiger partial charge in [0, 0.05) is 31.9 Å². The van der Waals surface area contributed by atoms with Gasteiger partial charge in [-0.05, 0) is 57.9 Å². The van der Waals surface area contributed by atoms with E-state index in [-0.39, 0.29) is 22.6 Å². The van der Waals surface area contributed by atoms with Crippen LogP contribution >= 0.6 is 0 Å². The minimum Gasteiger partial charge on any atom is -0.356 e. The van der Waals surface area contributed by atoms with E-state index in [0.29, 0.717) is 37.4 Å². The molecule has 2 unspecified atom stereocenters. The number of benzene rings is 1. The van der Waals surface area contributed by atoms with Crippen molar-refractivity contribution in [2.45, 2.75) is 58.4 Å². The minimum atomic E-state index is -3.63. The monoisotopic (exact) mass is 452 g/mol.